The maximum Gasteiger partial charge on any atom is 0.437 e. The maximum atomic E-state index is 11.6. The molecule has 0 aliphatic carbocycles. The number of anilines is 2. The van der Waals surface area contributed by atoms with Crippen LogP contribution in [0.15, 0.2) is 53.7 Å². The van der Waals surface area contributed by atoms with Crippen LogP contribution in [-0.2, 0) is 9.63 Å². The van der Waals surface area contributed by atoms with Gasteiger partial charge in [-0.1, -0.05) is 34.5 Å². The zero-order valence-electron chi connectivity index (χ0n) is 12.2. The van der Waals surface area contributed by atoms with Crippen LogP contribution in [0.1, 0.15) is 5.56 Å². The number of carbonyl (C=O) groups excluding carboxylic acids is 2. The van der Waals surface area contributed by atoms with Gasteiger partial charge in [0, 0.05) is 16.4 Å². The molecule has 6 nitrogen and oxygen atoms in total. The van der Waals surface area contributed by atoms with Crippen molar-refractivity contribution in [3.63, 3.8) is 0 Å². The lowest BCUT2D eigenvalue weighted by molar-refractivity contribution is -0.110. The predicted octanol–water partition coefficient (Wildman–Crippen LogP) is 3.82. The Morgan fingerprint density at radius 1 is 1.00 bits per heavy atom. The van der Waals surface area contributed by atoms with Crippen molar-refractivity contribution in [1.29, 1.82) is 0 Å². The summed E-state index contributed by atoms with van der Waals surface area (Å²) in [5, 5.41) is 8.89. The van der Waals surface area contributed by atoms with Crippen molar-refractivity contribution in [3.05, 3.63) is 59.1 Å². The molecule has 23 heavy (non-hydrogen) atoms. The molecule has 2 aromatic carbocycles. The van der Waals surface area contributed by atoms with E-state index in [2.05, 4.69) is 20.6 Å². The largest absolute Gasteiger partial charge is 0.437 e. The van der Waals surface area contributed by atoms with Gasteiger partial charge in [-0.3, -0.25) is 14.9 Å². The van der Waals surface area contributed by atoms with Crippen LogP contribution in [0.3, 0.4) is 0 Å². The summed E-state index contributed by atoms with van der Waals surface area (Å²) in [6, 6.07) is 13.7. The number of halogens is 1. The molecule has 0 atom stereocenters. The molecule has 0 bridgehead atoms. The van der Waals surface area contributed by atoms with E-state index in [-0.39, 0.29) is 0 Å². The van der Waals surface area contributed by atoms with Gasteiger partial charge in [-0.2, -0.15) is 0 Å². The second kappa shape index (κ2) is 7.95. The third-order valence-corrected chi connectivity index (χ3v) is 2.97. The Balaban J connectivity index is 1.78. The number of amides is 2. The van der Waals surface area contributed by atoms with Crippen LogP contribution >= 0.6 is 11.6 Å². The van der Waals surface area contributed by atoms with Crippen LogP contribution in [0.5, 0.6) is 0 Å². The number of hydrogen-bond donors (Lipinski definition) is 2. The van der Waals surface area contributed by atoms with Gasteiger partial charge < -0.3 is 5.32 Å². The molecule has 0 aliphatic heterocycles. The average Bonchev–Trinajstić information content (AvgIpc) is 2.52. The third kappa shape index (κ3) is 5.80. The first-order chi connectivity index (χ1) is 11.0. The SMILES string of the molecule is Cc1ccc(NC(=O)/C=N/OC(=O)Nc2ccc(Cl)cc2)cc1. The van der Waals surface area contributed by atoms with Crippen molar-refractivity contribution in [3.8, 4) is 0 Å². The molecular weight excluding hydrogens is 318 g/mol. The fourth-order valence-corrected chi connectivity index (χ4v) is 1.73. The predicted molar refractivity (Wildman–Crippen MR) is 89.9 cm³/mol. The van der Waals surface area contributed by atoms with Crippen molar-refractivity contribution in [2.75, 3.05) is 10.6 Å². The molecule has 0 spiro atoms. The molecule has 0 unspecified atom stereocenters. The molecule has 2 rings (SSSR count). The van der Waals surface area contributed by atoms with E-state index in [1.165, 1.54) is 0 Å². The molecule has 2 N–H and O–H groups in total. The summed E-state index contributed by atoms with van der Waals surface area (Å²) in [6.07, 6.45) is 0.0631. The van der Waals surface area contributed by atoms with Crippen molar-refractivity contribution in [2.24, 2.45) is 5.16 Å². The van der Waals surface area contributed by atoms with E-state index in [4.69, 9.17) is 11.6 Å². The highest BCUT2D eigenvalue weighted by molar-refractivity contribution is 6.31. The number of oxime groups is 1. The lowest BCUT2D eigenvalue weighted by Crippen LogP contribution is -2.15. The Hall–Kier alpha value is -2.86. The number of aryl methyl sites for hydroxylation is 1. The first-order valence-electron chi connectivity index (χ1n) is 6.67. The zero-order valence-corrected chi connectivity index (χ0v) is 13.0. The van der Waals surface area contributed by atoms with Crippen LogP contribution in [0.4, 0.5) is 16.2 Å². The minimum absolute atomic E-state index is 0.499. The summed E-state index contributed by atoms with van der Waals surface area (Å²) in [4.78, 5) is 27.6. The Kier molecular flexibility index (Phi) is 5.71. The summed E-state index contributed by atoms with van der Waals surface area (Å²) in [6.45, 7) is 1.94. The molecule has 2 amide bonds. The summed E-state index contributed by atoms with van der Waals surface area (Å²) in [5.74, 6) is -0.506. The van der Waals surface area contributed by atoms with E-state index in [0.717, 1.165) is 11.8 Å². The van der Waals surface area contributed by atoms with Gasteiger partial charge in [-0.05, 0) is 43.3 Å². The van der Waals surface area contributed by atoms with Gasteiger partial charge in [-0.25, -0.2) is 4.79 Å². The molecule has 0 heterocycles. The third-order valence-electron chi connectivity index (χ3n) is 2.72. The van der Waals surface area contributed by atoms with Crippen molar-refractivity contribution in [1.82, 2.24) is 0 Å². The van der Waals surface area contributed by atoms with E-state index in [1.54, 1.807) is 36.4 Å². The highest BCUT2D eigenvalue weighted by atomic mass is 35.5. The first kappa shape index (κ1) is 16.5. The molecule has 0 saturated carbocycles. The quantitative estimate of drug-likeness (QED) is 0.507. The molecule has 7 heteroatoms. The molecule has 118 valence electrons. The Morgan fingerprint density at radius 2 is 1.57 bits per heavy atom. The molecule has 0 fully saturated rings. The summed E-state index contributed by atoms with van der Waals surface area (Å²) in [7, 11) is 0. The highest BCUT2D eigenvalue weighted by Crippen LogP contribution is 2.13. The van der Waals surface area contributed by atoms with Crippen LogP contribution in [0, 0.1) is 6.92 Å². The molecule has 0 aromatic heterocycles. The number of nitrogens with one attached hydrogen (secondary N) is 2. The van der Waals surface area contributed by atoms with E-state index in [1.807, 2.05) is 19.1 Å². The maximum absolute atomic E-state index is 11.6. The molecule has 0 aliphatic rings. The number of rotatable bonds is 4. The molecule has 0 radical (unpaired) electrons. The minimum Gasteiger partial charge on any atom is -0.321 e. The average molecular weight is 332 g/mol. The number of benzene rings is 2. The van der Waals surface area contributed by atoms with Gasteiger partial charge >= 0.3 is 6.09 Å². The topological polar surface area (TPSA) is 79.8 Å². The fraction of sp³-hybridized carbons (Fsp3) is 0.0625. The number of hydrogen-bond acceptors (Lipinski definition) is 4. The second-order valence-corrected chi connectivity index (χ2v) is 5.04. The van der Waals surface area contributed by atoms with E-state index in [9.17, 15) is 9.59 Å². The highest BCUT2D eigenvalue weighted by Gasteiger charge is 2.03. The van der Waals surface area contributed by atoms with Crippen LogP contribution in [0.25, 0.3) is 0 Å². The van der Waals surface area contributed by atoms with Crippen molar-refractivity contribution in [2.45, 2.75) is 6.92 Å². The molecular formula is C16H14ClN3O3. The van der Waals surface area contributed by atoms with Gasteiger partial charge in [0.2, 0.25) is 0 Å². The smallest absolute Gasteiger partial charge is 0.321 e. The van der Waals surface area contributed by atoms with Gasteiger partial charge in [0.25, 0.3) is 5.91 Å². The summed E-state index contributed by atoms with van der Waals surface area (Å²) >= 11 is 5.73. The minimum atomic E-state index is -0.813. The Bertz CT molecular complexity index is 712. The molecule has 2 aromatic rings. The van der Waals surface area contributed by atoms with Crippen LogP contribution in [-0.4, -0.2) is 18.2 Å². The Morgan fingerprint density at radius 3 is 2.22 bits per heavy atom. The standard InChI is InChI=1S/C16H14ClN3O3/c1-11-2-6-13(7-3-11)19-15(21)10-18-23-16(22)20-14-8-4-12(17)5-9-14/h2-10H,1H3,(H,19,21)(H,20,22)/b18-10+. The number of nitrogens with zero attached hydrogens (tertiary/aromatic N) is 1. The van der Waals surface area contributed by atoms with Crippen LogP contribution in [0.2, 0.25) is 5.02 Å². The van der Waals surface area contributed by atoms with Crippen LogP contribution < -0.4 is 10.6 Å². The lowest BCUT2D eigenvalue weighted by Gasteiger charge is -2.03. The zero-order chi connectivity index (χ0) is 16.7. The van der Waals surface area contributed by atoms with Gasteiger partial charge in [0.15, 0.2) is 0 Å². The summed E-state index contributed by atoms with van der Waals surface area (Å²) < 4.78 is 0. The lowest BCUT2D eigenvalue weighted by atomic mass is 10.2. The fourth-order valence-electron chi connectivity index (χ4n) is 1.61. The Labute approximate surface area is 138 Å². The monoisotopic (exact) mass is 331 g/mol. The van der Waals surface area contributed by atoms with E-state index in [0.29, 0.717) is 16.4 Å². The van der Waals surface area contributed by atoms with Gasteiger partial charge in [-0.15, -0.1) is 0 Å². The van der Waals surface area contributed by atoms with E-state index < -0.39 is 12.0 Å². The normalized spacial score (nSPS) is 10.3. The summed E-state index contributed by atoms with van der Waals surface area (Å²) in [5.41, 5.74) is 2.20. The molecule has 0 saturated heterocycles. The van der Waals surface area contributed by atoms with E-state index >= 15 is 0 Å². The van der Waals surface area contributed by atoms with Gasteiger partial charge in [0.05, 0.1) is 0 Å². The number of carbonyl (C=O) groups is 2. The van der Waals surface area contributed by atoms with Gasteiger partial charge in [0.1, 0.15) is 6.21 Å². The van der Waals surface area contributed by atoms with Crippen molar-refractivity contribution >= 4 is 41.2 Å². The van der Waals surface area contributed by atoms with Crippen molar-refractivity contribution < 1.29 is 14.4 Å². The first-order valence-corrected chi connectivity index (χ1v) is 7.05. The second-order valence-electron chi connectivity index (χ2n) is 4.60.